The number of ether oxygens (including phenoxy) is 1. The molecule has 1 heterocycles. The van der Waals surface area contributed by atoms with E-state index in [9.17, 15) is 4.39 Å². The second kappa shape index (κ2) is 4.94. The van der Waals surface area contributed by atoms with Crippen molar-refractivity contribution in [2.24, 2.45) is 0 Å². The summed E-state index contributed by atoms with van der Waals surface area (Å²) < 4.78 is 20.6. The van der Waals surface area contributed by atoms with Gasteiger partial charge in [-0.3, -0.25) is 0 Å². The Kier molecular flexibility index (Phi) is 2.98. The molecule has 2 aromatic carbocycles. The number of halogens is 1. The third-order valence-corrected chi connectivity index (χ3v) is 2.64. The molecule has 0 radical (unpaired) electrons. The first-order valence-electron chi connectivity index (χ1n) is 5.85. The Morgan fingerprint density at radius 1 is 0.947 bits per heavy atom. The maximum atomic E-state index is 13.5. The topological polar surface area (TPSA) is 27.1 Å². The van der Waals surface area contributed by atoms with Gasteiger partial charge in [-0.05, 0) is 24.3 Å². The number of para-hydroxylation sites is 2. The normalized spacial score (nSPS) is 10.4. The largest absolute Gasteiger partial charge is 0.451 e. The quantitative estimate of drug-likeness (QED) is 0.710. The van der Waals surface area contributed by atoms with E-state index in [0.717, 1.165) is 5.69 Å². The van der Waals surface area contributed by atoms with Crippen molar-refractivity contribution in [1.29, 1.82) is 0 Å². The van der Waals surface area contributed by atoms with Gasteiger partial charge in [-0.25, -0.2) is 9.07 Å². The zero-order chi connectivity index (χ0) is 13.1. The highest BCUT2D eigenvalue weighted by Gasteiger charge is 2.06. The molecule has 19 heavy (non-hydrogen) atoms. The average molecular weight is 254 g/mol. The maximum absolute atomic E-state index is 13.5. The van der Waals surface area contributed by atoms with E-state index in [4.69, 9.17) is 4.74 Å². The molecule has 94 valence electrons. The molecule has 3 aromatic rings. The van der Waals surface area contributed by atoms with Crippen molar-refractivity contribution in [2.75, 3.05) is 0 Å². The molecule has 0 saturated heterocycles. The summed E-state index contributed by atoms with van der Waals surface area (Å²) >= 11 is 0. The van der Waals surface area contributed by atoms with Gasteiger partial charge in [-0.2, -0.15) is 5.10 Å². The molecular weight excluding hydrogens is 243 g/mol. The van der Waals surface area contributed by atoms with Gasteiger partial charge in [0.15, 0.2) is 17.3 Å². The molecule has 1 aromatic heterocycles. The summed E-state index contributed by atoms with van der Waals surface area (Å²) in [6, 6.07) is 15.9. The van der Waals surface area contributed by atoms with Crippen LogP contribution in [0.4, 0.5) is 4.39 Å². The molecule has 0 aliphatic rings. The van der Waals surface area contributed by atoms with Gasteiger partial charge in [0, 0.05) is 0 Å². The highest BCUT2D eigenvalue weighted by atomic mass is 19.1. The highest BCUT2D eigenvalue weighted by molar-refractivity contribution is 5.34. The van der Waals surface area contributed by atoms with Crippen LogP contribution < -0.4 is 4.74 Å². The fourth-order valence-electron chi connectivity index (χ4n) is 1.74. The molecule has 0 fully saturated rings. The highest BCUT2D eigenvalue weighted by Crippen LogP contribution is 2.24. The Hall–Kier alpha value is -2.62. The molecule has 0 saturated carbocycles. The van der Waals surface area contributed by atoms with Crippen molar-refractivity contribution >= 4 is 0 Å². The fourth-order valence-corrected chi connectivity index (χ4v) is 1.74. The molecule has 3 rings (SSSR count). The van der Waals surface area contributed by atoms with E-state index in [1.165, 1.54) is 6.07 Å². The van der Waals surface area contributed by atoms with Crippen LogP contribution in [0, 0.1) is 5.82 Å². The molecule has 0 unspecified atom stereocenters. The molecule has 0 atom stereocenters. The van der Waals surface area contributed by atoms with Gasteiger partial charge >= 0.3 is 0 Å². The van der Waals surface area contributed by atoms with Gasteiger partial charge in [-0.1, -0.05) is 30.3 Å². The molecule has 0 aliphatic heterocycles. The van der Waals surface area contributed by atoms with Crippen LogP contribution in [0.25, 0.3) is 5.69 Å². The van der Waals surface area contributed by atoms with Crippen LogP contribution in [-0.2, 0) is 0 Å². The summed E-state index contributed by atoms with van der Waals surface area (Å²) in [5.74, 6) is 0.291. The third kappa shape index (κ3) is 2.47. The number of benzene rings is 2. The van der Waals surface area contributed by atoms with E-state index < -0.39 is 5.82 Å². The smallest absolute Gasteiger partial charge is 0.165 e. The van der Waals surface area contributed by atoms with Crippen LogP contribution in [-0.4, -0.2) is 9.78 Å². The van der Waals surface area contributed by atoms with E-state index in [1.54, 1.807) is 35.3 Å². The van der Waals surface area contributed by atoms with E-state index in [1.807, 2.05) is 30.3 Å². The maximum Gasteiger partial charge on any atom is 0.165 e. The minimum atomic E-state index is -0.394. The summed E-state index contributed by atoms with van der Waals surface area (Å²) in [6.07, 6.45) is 3.27. The number of aromatic nitrogens is 2. The summed E-state index contributed by atoms with van der Waals surface area (Å²) in [5, 5.41) is 4.18. The predicted octanol–water partition coefficient (Wildman–Crippen LogP) is 3.80. The lowest BCUT2D eigenvalue weighted by Crippen LogP contribution is -1.92. The van der Waals surface area contributed by atoms with Crippen LogP contribution in [0.5, 0.6) is 11.5 Å². The monoisotopic (exact) mass is 254 g/mol. The summed E-state index contributed by atoms with van der Waals surface area (Å²) in [7, 11) is 0. The molecule has 0 spiro atoms. The molecule has 4 heteroatoms. The van der Waals surface area contributed by atoms with Crippen molar-refractivity contribution < 1.29 is 9.13 Å². The Morgan fingerprint density at radius 3 is 2.47 bits per heavy atom. The van der Waals surface area contributed by atoms with Gasteiger partial charge in [0.2, 0.25) is 0 Å². The Bertz CT molecular complexity index is 679. The van der Waals surface area contributed by atoms with Crippen molar-refractivity contribution in [3.63, 3.8) is 0 Å². The van der Waals surface area contributed by atoms with Crippen molar-refractivity contribution in [1.82, 2.24) is 9.78 Å². The van der Waals surface area contributed by atoms with Crippen molar-refractivity contribution in [3.05, 3.63) is 72.8 Å². The Morgan fingerprint density at radius 2 is 1.68 bits per heavy atom. The number of nitrogens with zero attached hydrogens (tertiary/aromatic N) is 2. The first-order valence-corrected chi connectivity index (χ1v) is 5.85. The molecule has 0 amide bonds. The van der Waals surface area contributed by atoms with Gasteiger partial charge in [0.1, 0.15) is 0 Å². The van der Waals surface area contributed by atoms with Gasteiger partial charge in [-0.15, -0.1) is 0 Å². The van der Waals surface area contributed by atoms with E-state index in [0.29, 0.717) is 5.75 Å². The minimum absolute atomic E-state index is 0.190. The first kappa shape index (κ1) is 11.5. The second-order valence-electron chi connectivity index (χ2n) is 3.99. The zero-order valence-electron chi connectivity index (χ0n) is 10.0. The van der Waals surface area contributed by atoms with E-state index >= 15 is 0 Å². The van der Waals surface area contributed by atoms with Crippen molar-refractivity contribution in [2.45, 2.75) is 0 Å². The summed E-state index contributed by atoms with van der Waals surface area (Å²) in [6.45, 7) is 0. The predicted molar refractivity (Wildman–Crippen MR) is 70.0 cm³/mol. The van der Waals surface area contributed by atoms with E-state index in [-0.39, 0.29) is 5.75 Å². The standard InChI is InChI=1S/C15H11FN2O/c16-14-8-4-5-9-15(14)19-13-10-17-18(11-13)12-6-2-1-3-7-12/h1-11H. The van der Waals surface area contributed by atoms with Crippen LogP contribution in [0.2, 0.25) is 0 Å². The van der Waals surface area contributed by atoms with Crippen LogP contribution >= 0.6 is 0 Å². The van der Waals surface area contributed by atoms with Crippen LogP contribution in [0.3, 0.4) is 0 Å². The average Bonchev–Trinajstić information content (AvgIpc) is 2.91. The Balaban J connectivity index is 1.85. The molecule has 0 N–H and O–H groups in total. The molecular formula is C15H11FN2O. The molecule has 3 nitrogen and oxygen atoms in total. The number of hydrogen-bond acceptors (Lipinski definition) is 2. The number of hydrogen-bond donors (Lipinski definition) is 0. The Labute approximate surface area is 109 Å². The summed E-state index contributed by atoms with van der Waals surface area (Å²) in [4.78, 5) is 0. The fraction of sp³-hybridized carbons (Fsp3) is 0. The van der Waals surface area contributed by atoms with Crippen molar-refractivity contribution in [3.8, 4) is 17.2 Å². The van der Waals surface area contributed by atoms with Gasteiger partial charge in [0.05, 0.1) is 18.1 Å². The second-order valence-corrected chi connectivity index (χ2v) is 3.99. The van der Waals surface area contributed by atoms with Crippen LogP contribution in [0.1, 0.15) is 0 Å². The lowest BCUT2D eigenvalue weighted by molar-refractivity contribution is 0.442. The lowest BCUT2D eigenvalue weighted by atomic mass is 10.3. The molecule has 0 aliphatic carbocycles. The van der Waals surface area contributed by atoms with Crippen LogP contribution in [0.15, 0.2) is 67.0 Å². The minimum Gasteiger partial charge on any atom is -0.451 e. The third-order valence-electron chi connectivity index (χ3n) is 2.64. The lowest BCUT2D eigenvalue weighted by Gasteiger charge is -2.03. The van der Waals surface area contributed by atoms with Gasteiger partial charge < -0.3 is 4.74 Å². The number of rotatable bonds is 3. The first-order chi connectivity index (χ1) is 9.33. The van der Waals surface area contributed by atoms with Gasteiger partial charge in [0.25, 0.3) is 0 Å². The SMILES string of the molecule is Fc1ccccc1Oc1cnn(-c2ccccc2)c1. The molecule has 0 bridgehead atoms. The van der Waals surface area contributed by atoms with E-state index in [2.05, 4.69) is 5.10 Å². The summed E-state index contributed by atoms with van der Waals surface area (Å²) in [5.41, 5.74) is 0.922. The zero-order valence-corrected chi connectivity index (χ0v) is 10.0.